The second-order valence-corrected chi connectivity index (χ2v) is 6.72. The van der Waals surface area contributed by atoms with Gasteiger partial charge in [0.1, 0.15) is 0 Å². The molecule has 144 valence electrons. The van der Waals surface area contributed by atoms with Crippen molar-refractivity contribution in [3.8, 4) is 22.5 Å². The summed E-state index contributed by atoms with van der Waals surface area (Å²) in [5, 5.41) is 6.94. The highest BCUT2D eigenvalue weighted by Gasteiger charge is 2.11. The van der Waals surface area contributed by atoms with Gasteiger partial charge in [0, 0.05) is 24.9 Å². The van der Waals surface area contributed by atoms with Crippen LogP contribution in [0.25, 0.3) is 22.5 Å². The first-order valence-electron chi connectivity index (χ1n) is 9.57. The third-order valence-corrected chi connectivity index (χ3v) is 4.62. The molecule has 0 aliphatic rings. The molecule has 5 nitrogen and oxygen atoms in total. The van der Waals surface area contributed by atoms with Gasteiger partial charge in [-0.1, -0.05) is 90.1 Å². The van der Waals surface area contributed by atoms with E-state index in [0.717, 1.165) is 22.3 Å². The van der Waals surface area contributed by atoms with Gasteiger partial charge in [-0.3, -0.25) is 4.79 Å². The maximum Gasteiger partial charge on any atom is 0.227 e. The quantitative estimate of drug-likeness (QED) is 0.504. The number of carbonyl (C=O) groups excluding carboxylic acids is 1. The first-order chi connectivity index (χ1) is 14.3. The van der Waals surface area contributed by atoms with Crippen LogP contribution in [0.4, 0.5) is 0 Å². The Kier molecular flexibility index (Phi) is 5.76. The molecule has 1 N–H and O–H groups in total. The van der Waals surface area contributed by atoms with E-state index < -0.39 is 0 Å². The summed E-state index contributed by atoms with van der Waals surface area (Å²) < 4.78 is 5.31. The van der Waals surface area contributed by atoms with Gasteiger partial charge in [0.2, 0.25) is 17.6 Å². The van der Waals surface area contributed by atoms with Crippen LogP contribution in [0.5, 0.6) is 0 Å². The van der Waals surface area contributed by atoms with Crippen LogP contribution in [0.3, 0.4) is 0 Å². The molecular weight excluding hydrogens is 362 g/mol. The number of nitrogens with zero attached hydrogens (tertiary/aromatic N) is 2. The Balaban J connectivity index is 1.32. The zero-order valence-electron chi connectivity index (χ0n) is 15.9. The van der Waals surface area contributed by atoms with Crippen molar-refractivity contribution in [2.24, 2.45) is 0 Å². The number of nitrogens with one attached hydrogen (secondary N) is 1. The first-order valence-corrected chi connectivity index (χ1v) is 9.57. The normalized spacial score (nSPS) is 10.6. The van der Waals surface area contributed by atoms with E-state index in [1.807, 2.05) is 72.8 Å². The molecule has 0 fully saturated rings. The van der Waals surface area contributed by atoms with Crippen LogP contribution in [0.2, 0.25) is 0 Å². The fourth-order valence-corrected chi connectivity index (χ4v) is 3.02. The lowest BCUT2D eigenvalue weighted by Crippen LogP contribution is -2.22. The number of carbonyl (C=O) groups is 1. The highest BCUT2D eigenvalue weighted by Crippen LogP contribution is 2.23. The monoisotopic (exact) mass is 383 g/mol. The third-order valence-electron chi connectivity index (χ3n) is 4.62. The number of rotatable bonds is 7. The zero-order chi connectivity index (χ0) is 19.9. The third kappa shape index (κ3) is 4.96. The molecule has 0 aliphatic heterocycles. The van der Waals surface area contributed by atoms with Crippen LogP contribution in [-0.2, 0) is 17.8 Å². The van der Waals surface area contributed by atoms with Crippen LogP contribution in [0, 0.1) is 0 Å². The molecule has 1 heterocycles. The minimum atomic E-state index is -0.0409. The average Bonchev–Trinajstić information content (AvgIpc) is 3.27. The lowest BCUT2D eigenvalue weighted by atomic mass is 10.0. The fraction of sp³-hybridized carbons (Fsp3) is 0.125. The highest BCUT2D eigenvalue weighted by atomic mass is 16.5. The standard InChI is InChI=1S/C24H21N3O2/c28-22(25-17-18-7-3-1-4-8-18)15-16-23-26-24(27-29-23)21-13-11-20(12-14-21)19-9-5-2-6-10-19/h1-14H,15-17H2,(H,25,28). The summed E-state index contributed by atoms with van der Waals surface area (Å²) in [4.78, 5) is 16.5. The molecule has 0 aliphatic carbocycles. The predicted molar refractivity (Wildman–Crippen MR) is 112 cm³/mol. The lowest BCUT2D eigenvalue weighted by Gasteiger charge is -2.03. The molecular formula is C24H21N3O2. The molecule has 1 amide bonds. The molecule has 0 unspecified atom stereocenters. The SMILES string of the molecule is O=C(CCc1nc(-c2ccc(-c3ccccc3)cc2)no1)NCc1ccccc1. The maximum absolute atomic E-state index is 12.0. The van der Waals surface area contributed by atoms with E-state index in [2.05, 4.69) is 27.6 Å². The molecule has 1 aromatic heterocycles. The molecule has 0 saturated heterocycles. The minimum absolute atomic E-state index is 0.0409. The summed E-state index contributed by atoms with van der Waals surface area (Å²) in [5.74, 6) is 0.951. The van der Waals surface area contributed by atoms with Crippen molar-refractivity contribution < 1.29 is 9.32 Å². The smallest absolute Gasteiger partial charge is 0.227 e. The van der Waals surface area contributed by atoms with Crippen molar-refractivity contribution >= 4 is 5.91 Å². The average molecular weight is 383 g/mol. The van der Waals surface area contributed by atoms with Gasteiger partial charge in [-0.25, -0.2) is 0 Å². The number of aryl methyl sites for hydroxylation is 1. The zero-order valence-corrected chi connectivity index (χ0v) is 15.9. The molecule has 0 spiro atoms. The van der Waals surface area contributed by atoms with E-state index in [1.54, 1.807) is 0 Å². The summed E-state index contributed by atoms with van der Waals surface area (Å²) >= 11 is 0. The summed E-state index contributed by atoms with van der Waals surface area (Å²) in [6, 6.07) is 28.0. The van der Waals surface area contributed by atoms with E-state index >= 15 is 0 Å². The molecule has 4 rings (SSSR count). The topological polar surface area (TPSA) is 68.0 Å². The number of benzene rings is 3. The molecule has 3 aromatic carbocycles. The minimum Gasteiger partial charge on any atom is -0.352 e. The lowest BCUT2D eigenvalue weighted by molar-refractivity contribution is -0.121. The van der Waals surface area contributed by atoms with Gasteiger partial charge in [-0.05, 0) is 16.7 Å². The van der Waals surface area contributed by atoms with Gasteiger partial charge in [-0.2, -0.15) is 4.98 Å². The Morgan fingerprint density at radius 3 is 2.14 bits per heavy atom. The molecule has 0 bridgehead atoms. The molecule has 0 radical (unpaired) electrons. The maximum atomic E-state index is 12.0. The van der Waals surface area contributed by atoms with E-state index in [9.17, 15) is 4.79 Å². The Bertz CT molecular complexity index is 1060. The van der Waals surface area contributed by atoms with Crippen molar-refractivity contribution in [3.63, 3.8) is 0 Å². The Morgan fingerprint density at radius 2 is 1.41 bits per heavy atom. The van der Waals surface area contributed by atoms with Crippen LogP contribution in [-0.4, -0.2) is 16.0 Å². The molecule has 4 aromatic rings. The van der Waals surface area contributed by atoms with Crippen LogP contribution < -0.4 is 5.32 Å². The Morgan fingerprint density at radius 1 is 0.793 bits per heavy atom. The van der Waals surface area contributed by atoms with E-state index in [1.165, 1.54) is 0 Å². The summed E-state index contributed by atoms with van der Waals surface area (Å²) in [7, 11) is 0. The van der Waals surface area contributed by atoms with E-state index in [4.69, 9.17) is 4.52 Å². The van der Waals surface area contributed by atoms with Crippen molar-refractivity contribution in [2.75, 3.05) is 0 Å². The number of hydrogen-bond acceptors (Lipinski definition) is 4. The Labute approximate surface area is 169 Å². The largest absolute Gasteiger partial charge is 0.352 e. The number of hydrogen-bond donors (Lipinski definition) is 1. The van der Waals surface area contributed by atoms with Crippen molar-refractivity contribution in [2.45, 2.75) is 19.4 Å². The first kappa shape index (κ1) is 18.6. The van der Waals surface area contributed by atoms with Gasteiger partial charge < -0.3 is 9.84 Å². The van der Waals surface area contributed by atoms with Crippen molar-refractivity contribution in [1.29, 1.82) is 0 Å². The van der Waals surface area contributed by atoms with Crippen LogP contribution in [0.15, 0.2) is 89.5 Å². The van der Waals surface area contributed by atoms with Gasteiger partial charge in [0.15, 0.2) is 0 Å². The number of amides is 1. The molecule has 29 heavy (non-hydrogen) atoms. The molecule has 5 heteroatoms. The van der Waals surface area contributed by atoms with Crippen LogP contribution >= 0.6 is 0 Å². The summed E-state index contributed by atoms with van der Waals surface area (Å²) in [6.45, 7) is 0.516. The van der Waals surface area contributed by atoms with Gasteiger partial charge in [0.05, 0.1) is 0 Å². The van der Waals surface area contributed by atoms with Crippen LogP contribution in [0.1, 0.15) is 17.9 Å². The second-order valence-electron chi connectivity index (χ2n) is 6.72. The summed E-state index contributed by atoms with van der Waals surface area (Å²) in [6.07, 6.45) is 0.719. The van der Waals surface area contributed by atoms with Gasteiger partial charge >= 0.3 is 0 Å². The van der Waals surface area contributed by atoms with Gasteiger partial charge in [-0.15, -0.1) is 0 Å². The van der Waals surface area contributed by atoms with Crippen molar-refractivity contribution in [3.05, 3.63) is 96.4 Å². The van der Waals surface area contributed by atoms with E-state index in [-0.39, 0.29) is 5.91 Å². The number of aromatic nitrogens is 2. The summed E-state index contributed by atoms with van der Waals surface area (Å²) in [5.41, 5.74) is 4.25. The van der Waals surface area contributed by atoms with Gasteiger partial charge in [0.25, 0.3) is 0 Å². The highest BCUT2D eigenvalue weighted by molar-refractivity contribution is 5.76. The molecule has 0 atom stereocenters. The molecule has 0 saturated carbocycles. The van der Waals surface area contributed by atoms with E-state index in [0.29, 0.717) is 31.1 Å². The predicted octanol–water partition coefficient (Wildman–Crippen LogP) is 4.65. The van der Waals surface area contributed by atoms with Crippen molar-refractivity contribution in [1.82, 2.24) is 15.5 Å². The Hall–Kier alpha value is -3.73. The second kappa shape index (κ2) is 8.97. The fourth-order valence-electron chi connectivity index (χ4n) is 3.02.